The molecule has 0 spiro atoms. The number of hydrogen-bond donors (Lipinski definition) is 3. The van der Waals surface area contributed by atoms with E-state index in [0.29, 0.717) is 13.1 Å². The van der Waals surface area contributed by atoms with Gasteiger partial charge in [0.05, 0.1) is 43.0 Å². The third-order valence-corrected chi connectivity index (χ3v) is 11.5. The second-order valence-corrected chi connectivity index (χ2v) is 15.5. The fourth-order valence-corrected chi connectivity index (χ4v) is 8.41. The molecule has 3 amide bonds. The van der Waals surface area contributed by atoms with Crippen LogP contribution < -0.4 is 5.32 Å². The first kappa shape index (κ1) is 38.6. The molecule has 12 nitrogen and oxygen atoms in total. The summed E-state index contributed by atoms with van der Waals surface area (Å²) in [4.78, 5) is 59.4. The number of carbonyl (C=O) groups is 3. The van der Waals surface area contributed by atoms with Crippen molar-refractivity contribution in [3.05, 3.63) is 121 Å². The molecule has 1 unspecified atom stereocenters. The molecule has 6 aromatic rings. The fraction of sp³-hybridized carbons (Fsp3) is 0.326. The van der Waals surface area contributed by atoms with Crippen LogP contribution in [0.4, 0.5) is 4.79 Å². The number of alkyl carbamates (subject to hydrolysis) is 1. The minimum atomic E-state index is -0.682. The lowest BCUT2D eigenvalue weighted by Crippen LogP contribution is -2.51. The Morgan fingerprint density at radius 1 is 0.690 bits per heavy atom. The quantitative estimate of drug-likeness (QED) is 0.120. The SMILES string of the molecule is COC(=O)N[C@H](C(=O)N1CCC[C@H]1c1ncc(-c2ccc3cc(-c4ccc(-c5cnc(C6CCCN6C(=O)[C@H](OC)c6ccccc6)[nH]5)cc4)ccc3c2)[nH]1)C(C)C. The van der Waals surface area contributed by atoms with Crippen molar-refractivity contribution in [3.8, 4) is 33.6 Å². The highest BCUT2D eigenvalue weighted by Gasteiger charge is 2.38. The number of likely N-dealkylation sites (tertiary alicyclic amines) is 2. The number of nitrogens with one attached hydrogen (secondary N) is 3. The third kappa shape index (κ3) is 7.71. The number of fused-ring (bicyclic) bond motifs is 1. The Labute approximate surface area is 338 Å². The maximum Gasteiger partial charge on any atom is 0.407 e. The van der Waals surface area contributed by atoms with E-state index in [0.717, 1.165) is 87.3 Å². The normalized spacial score (nSPS) is 17.8. The van der Waals surface area contributed by atoms with Crippen LogP contribution in [0.1, 0.15) is 74.9 Å². The molecule has 3 N–H and O–H groups in total. The summed E-state index contributed by atoms with van der Waals surface area (Å²) in [5.74, 6) is 1.25. The van der Waals surface area contributed by atoms with Crippen LogP contribution in [0.25, 0.3) is 44.4 Å². The highest BCUT2D eigenvalue weighted by molar-refractivity contribution is 5.91. The largest absolute Gasteiger partial charge is 0.453 e. The van der Waals surface area contributed by atoms with E-state index in [1.807, 2.05) is 66.4 Å². The van der Waals surface area contributed by atoms with Crippen molar-refractivity contribution in [2.45, 2.75) is 63.8 Å². The predicted octanol–water partition coefficient (Wildman–Crippen LogP) is 8.38. The number of benzene rings is 4. The van der Waals surface area contributed by atoms with Gasteiger partial charge in [0, 0.05) is 25.8 Å². The van der Waals surface area contributed by atoms with Gasteiger partial charge in [0.15, 0.2) is 6.10 Å². The molecule has 0 saturated carbocycles. The zero-order valence-corrected chi connectivity index (χ0v) is 33.3. The van der Waals surface area contributed by atoms with Gasteiger partial charge in [-0.25, -0.2) is 14.8 Å². The molecule has 4 heterocycles. The summed E-state index contributed by atoms with van der Waals surface area (Å²) in [5, 5.41) is 4.93. The molecule has 0 bridgehead atoms. The highest BCUT2D eigenvalue weighted by atomic mass is 16.5. The second-order valence-electron chi connectivity index (χ2n) is 15.5. The summed E-state index contributed by atoms with van der Waals surface area (Å²) < 4.78 is 10.4. The predicted molar refractivity (Wildman–Crippen MR) is 222 cm³/mol. The van der Waals surface area contributed by atoms with E-state index in [2.05, 4.69) is 75.9 Å². The summed E-state index contributed by atoms with van der Waals surface area (Å²) in [6.07, 6.45) is 5.81. The van der Waals surface area contributed by atoms with Gasteiger partial charge in [-0.15, -0.1) is 0 Å². The van der Waals surface area contributed by atoms with Crippen LogP contribution in [0.3, 0.4) is 0 Å². The summed E-state index contributed by atoms with van der Waals surface area (Å²) in [6.45, 7) is 5.09. The number of aromatic nitrogens is 4. The lowest BCUT2D eigenvalue weighted by Gasteiger charge is -2.30. The van der Waals surface area contributed by atoms with Crippen LogP contribution in [0.15, 0.2) is 103 Å². The molecule has 4 atom stereocenters. The van der Waals surface area contributed by atoms with E-state index in [4.69, 9.17) is 19.4 Å². The minimum Gasteiger partial charge on any atom is -0.453 e. The number of methoxy groups -OCH3 is 2. The van der Waals surface area contributed by atoms with Crippen molar-refractivity contribution >= 4 is 28.7 Å². The minimum absolute atomic E-state index is 0.0468. The Balaban J connectivity index is 0.941. The van der Waals surface area contributed by atoms with Crippen LogP contribution in [0, 0.1) is 5.92 Å². The van der Waals surface area contributed by atoms with Gasteiger partial charge in [-0.05, 0) is 76.8 Å². The Bertz CT molecular complexity index is 2410. The Morgan fingerprint density at radius 2 is 1.22 bits per heavy atom. The van der Waals surface area contributed by atoms with Gasteiger partial charge >= 0.3 is 6.09 Å². The smallest absolute Gasteiger partial charge is 0.407 e. The van der Waals surface area contributed by atoms with Crippen molar-refractivity contribution in [1.29, 1.82) is 0 Å². The van der Waals surface area contributed by atoms with Crippen LogP contribution in [-0.2, 0) is 19.1 Å². The lowest BCUT2D eigenvalue weighted by atomic mass is 9.98. The van der Waals surface area contributed by atoms with Gasteiger partial charge < -0.3 is 34.6 Å². The van der Waals surface area contributed by atoms with E-state index in [9.17, 15) is 14.4 Å². The van der Waals surface area contributed by atoms with Crippen molar-refractivity contribution < 1.29 is 23.9 Å². The first-order valence-corrected chi connectivity index (χ1v) is 20.0. The molecule has 298 valence electrons. The number of amides is 3. The number of aromatic amines is 2. The number of hydrogen-bond acceptors (Lipinski definition) is 7. The highest BCUT2D eigenvalue weighted by Crippen LogP contribution is 2.36. The zero-order valence-electron chi connectivity index (χ0n) is 33.3. The van der Waals surface area contributed by atoms with Crippen LogP contribution in [-0.4, -0.2) is 81.0 Å². The molecular formula is C46H49N7O5. The maximum atomic E-state index is 13.6. The average Bonchev–Trinajstić information content (AvgIpc) is 4.10. The van der Waals surface area contributed by atoms with Crippen LogP contribution in [0.2, 0.25) is 0 Å². The molecule has 2 aromatic heterocycles. The van der Waals surface area contributed by atoms with Crippen molar-refractivity contribution in [2.75, 3.05) is 27.3 Å². The molecule has 8 rings (SSSR count). The van der Waals surface area contributed by atoms with Gasteiger partial charge in [-0.2, -0.15) is 0 Å². The molecule has 2 fully saturated rings. The van der Waals surface area contributed by atoms with Crippen molar-refractivity contribution in [3.63, 3.8) is 0 Å². The van der Waals surface area contributed by atoms with E-state index in [1.165, 1.54) is 7.11 Å². The molecule has 0 radical (unpaired) electrons. The molecule has 0 aliphatic carbocycles. The lowest BCUT2D eigenvalue weighted by molar-refractivity contribution is -0.143. The number of ether oxygens (including phenoxy) is 2. The summed E-state index contributed by atoms with van der Waals surface area (Å²) in [6, 6.07) is 29.9. The fourth-order valence-electron chi connectivity index (χ4n) is 8.41. The van der Waals surface area contributed by atoms with Crippen molar-refractivity contribution in [2.24, 2.45) is 5.92 Å². The molecule has 2 saturated heterocycles. The van der Waals surface area contributed by atoms with Crippen molar-refractivity contribution in [1.82, 2.24) is 35.1 Å². The number of H-pyrrole nitrogens is 2. The summed E-state index contributed by atoms with van der Waals surface area (Å²) in [5.41, 5.74) is 6.86. The van der Waals surface area contributed by atoms with Crippen LogP contribution in [0.5, 0.6) is 0 Å². The first-order valence-electron chi connectivity index (χ1n) is 20.0. The summed E-state index contributed by atoms with van der Waals surface area (Å²) >= 11 is 0. The van der Waals surface area contributed by atoms with Gasteiger partial charge in [0.2, 0.25) is 5.91 Å². The van der Waals surface area contributed by atoms with Crippen LogP contribution >= 0.6 is 0 Å². The third-order valence-electron chi connectivity index (χ3n) is 11.5. The van der Waals surface area contributed by atoms with Gasteiger partial charge in [0.25, 0.3) is 5.91 Å². The molecular weight excluding hydrogens is 731 g/mol. The van der Waals surface area contributed by atoms with E-state index in [1.54, 1.807) is 7.11 Å². The number of carbonyl (C=O) groups excluding carboxylic acids is 3. The van der Waals surface area contributed by atoms with Gasteiger partial charge in [-0.3, -0.25) is 9.59 Å². The maximum absolute atomic E-state index is 13.6. The monoisotopic (exact) mass is 779 g/mol. The Kier molecular flexibility index (Phi) is 11.1. The average molecular weight is 780 g/mol. The standard InChI is InChI=1S/C46H49N7O5/c1-28(2)40(51-46(56)58-4)44(54)52-22-8-12-38(52)42-48-27-37(50-42)35-21-20-33-24-32(18-19-34(33)25-35)29-14-16-30(17-15-29)36-26-47-43(49-36)39-13-9-23-53(39)45(55)41(57-3)31-10-6-5-7-11-31/h5-7,10-11,14-21,24-28,38-41H,8-9,12-13,22-23H2,1-4H3,(H,47,49)(H,48,50)(H,51,56)/t38-,39?,40-,41+/m0/s1. The second kappa shape index (κ2) is 16.7. The Hall–Kier alpha value is -6.27. The summed E-state index contributed by atoms with van der Waals surface area (Å²) in [7, 11) is 2.88. The molecule has 58 heavy (non-hydrogen) atoms. The zero-order chi connectivity index (χ0) is 40.3. The van der Waals surface area contributed by atoms with Gasteiger partial charge in [0.1, 0.15) is 17.7 Å². The number of imidazole rings is 2. The topological polar surface area (TPSA) is 146 Å². The molecule has 2 aliphatic rings. The molecule has 12 heteroatoms. The number of rotatable bonds is 11. The molecule has 4 aromatic carbocycles. The van der Waals surface area contributed by atoms with Gasteiger partial charge in [-0.1, -0.05) is 92.7 Å². The Morgan fingerprint density at radius 3 is 1.81 bits per heavy atom. The van der Waals surface area contributed by atoms with E-state index < -0.39 is 18.2 Å². The molecule has 2 aliphatic heterocycles. The first-order chi connectivity index (χ1) is 28.2. The van der Waals surface area contributed by atoms with E-state index in [-0.39, 0.29) is 29.8 Å². The number of nitrogens with zero attached hydrogens (tertiary/aromatic N) is 4. The van der Waals surface area contributed by atoms with E-state index >= 15 is 0 Å².